The topological polar surface area (TPSA) is 63.5 Å². The maximum atomic E-state index is 11.4. The third-order valence-electron chi connectivity index (χ3n) is 1.62. The molecule has 0 aliphatic carbocycles. The maximum Gasteiger partial charge on any atom is 0.286 e. The zero-order chi connectivity index (χ0) is 11.4. The van der Waals surface area contributed by atoms with Gasteiger partial charge in [-0.3, -0.25) is 14.9 Å². The number of amides is 1. The van der Waals surface area contributed by atoms with Gasteiger partial charge in [-0.25, -0.2) is 0 Å². The monoisotopic (exact) mass is 226 g/mol. The number of nitrogens with zero attached hydrogens (tertiary/aromatic N) is 2. The highest BCUT2D eigenvalue weighted by molar-refractivity contribution is 8.13. The van der Waals surface area contributed by atoms with Crippen molar-refractivity contribution in [3.05, 3.63) is 34.4 Å². The lowest BCUT2D eigenvalue weighted by Crippen LogP contribution is -2.16. The summed E-state index contributed by atoms with van der Waals surface area (Å²) >= 11 is 0.852. The predicted molar refractivity (Wildman–Crippen MR) is 58.0 cm³/mol. The summed E-state index contributed by atoms with van der Waals surface area (Å²) < 4.78 is 0. The number of para-hydroxylation sites is 1. The van der Waals surface area contributed by atoms with E-state index in [1.165, 1.54) is 11.0 Å². The number of carbonyl (C=O) groups is 1. The number of hydrogen-bond acceptors (Lipinski definition) is 4. The van der Waals surface area contributed by atoms with Gasteiger partial charge in [-0.1, -0.05) is 12.1 Å². The molecule has 0 aliphatic rings. The average molecular weight is 226 g/mol. The molecule has 0 N–H and O–H groups in total. The molecule has 0 saturated heterocycles. The Morgan fingerprint density at radius 1 is 1.40 bits per heavy atom. The molecule has 0 spiro atoms. The first-order valence-electron chi connectivity index (χ1n) is 4.15. The van der Waals surface area contributed by atoms with Crippen LogP contribution in [0.2, 0.25) is 0 Å². The van der Waals surface area contributed by atoms with Crippen LogP contribution in [0.1, 0.15) is 0 Å². The first-order valence-corrected chi connectivity index (χ1v) is 4.96. The second-order valence-corrected chi connectivity index (χ2v) is 3.98. The van der Waals surface area contributed by atoms with Gasteiger partial charge in [-0.15, -0.1) is 0 Å². The number of nitro groups is 1. The van der Waals surface area contributed by atoms with Gasteiger partial charge < -0.3 is 4.90 Å². The highest BCUT2D eigenvalue weighted by atomic mass is 32.2. The Morgan fingerprint density at radius 2 is 2.00 bits per heavy atom. The second kappa shape index (κ2) is 4.79. The molecule has 6 heteroatoms. The van der Waals surface area contributed by atoms with Crippen molar-refractivity contribution in [1.29, 1.82) is 0 Å². The molecule has 5 nitrogen and oxygen atoms in total. The Labute approximate surface area is 91.2 Å². The molecule has 0 saturated carbocycles. The molecule has 0 atom stereocenters. The molecule has 1 amide bonds. The van der Waals surface area contributed by atoms with Gasteiger partial charge in [0.1, 0.15) is 0 Å². The van der Waals surface area contributed by atoms with Gasteiger partial charge in [-0.2, -0.15) is 0 Å². The summed E-state index contributed by atoms with van der Waals surface area (Å²) in [5.74, 6) is 0. The van der Waals surface area contributed by atoms with Gasteiger partial charge in [0.2, 0.25) is 0 Å². The number of nitro benzene ring substituents is 1. The van der Waals surface area contributed by atoms with Gasteiger partial charge in [0.25, 0.3) is 10.9 Å². The molecule has 0 aliphatic heterocycles. The van der Waals surface area contributed by atoms with Gasteiger partial charge in [0, 0.05) is 20.2 Å². The van der Waals surface area contributed by atoms with Crippen LogP contribution in [0.3, 0.4) is 0 Å². The first-order chi connectivity index (χ1) is 7.02. The largest absolute Gasteiger partial charge is 0.339 e. The molecule has 1 rings (SSSR count). The van der Waals surface area contributed by atoms with Gasteiger partial charge in [0.15, 0.2) is 0 Å². The molecule has 0 unspecified atom stereocenters. The lowest BCUT2D eigenvalue weighted by Gasteiger charge is -2.08. The molecule has 80 valence electrons. The fourth-order valence-corrected chi connectivity index (χ4v) is 1.64. The van der Waals surface area contributed by atoms with Crippen LogP contribution in [0.15, 0.2) is 29.2 Å². The second-order valence-electron chi connectivity index (χ2n) is 2.99. The summed E-state index contributed by atoms with van der Waals surface area (Å²) in [5.41, 5.74) is -0.0438. The summed E-state index contributed by atoms with van der Waals surface area (Å²) in [6.07, 6.45) is 0. The fraction of sp³-hybridized carbons (Fsp3) is 0.222. The van der Waals surface area contributed by atoms with Crippen molar-refractivity contribution in [1.82, 2.24) is 4.90 Å². The van der Waals surface area contributed by atoms with Crippen LogP contribution in [0.4, 0.5) is 10.5 Å². The van der Waals surface area contributed by atoms with E-state index in [4.69, 9.17) is 0 Å². The summed E-state index contributed by atoms with van der Waals surface area (Å²) in [6, 6.07) is 6.18. The zero-order valence-electron chi connectivity index (χ0n) is 8.34. The van der Waals surface area contributed by atoms with Crippen molar-refractivity contribution < 1.29 is 9.72 Å². The van der Waals surface area contributed by atoms with E-state index in [2.05, 4.69) is 0 Å². The minimum Gasteiger partial charge on any atom is -0.339 e. The van der Waals surface area contributed by atoms with Gasteiger partial charge in [-0.05, 0) is 17.8 Å². The van der Waals surface area contributed by atoms with Crippen molar-refractivity contribution in [2.24, 2.45) is 0 Å². The number of thioether (sulfide) groups is 1. The Morgan fingerprint density at radius 3 is 2.53 bits per heavy atom. The van der Waals surface area contributed by atoms with Crippen LogP contribution in [0.5, 0.6) is 0 Å². The molecule has 0 heterocycles. The smallest absolute Gasteiger partial charge is 0.286 e. The third kappa shape index (κ3) is 2.95. The molecule has 0 bridgehead atoms. The number of carbonyl (C=O) groups excluding carboxylic acids is 1. The Hall–Kier alpha value is -1.56. The van der Waals surface area contributed by atoms with Crippen molar-refractivity contribution >= 4 is 22.7 Å². The van der Waals surface area contributed by atoms with E-state index in [0.29, 0.717) is 4.90 Å². The zero-order valence-corrected chi connectivity index (χ0v) is 9.15. The molecule has 1 aromatic rings. The third-order valence-corrected chi connectivity index (χ3v) is 2.73. The highest BCUT2D eigenvalue weighted by Crippen LogP contribution is 2.29. The normalized spacial score (nSPS) is 9.73. The maximum absolute atomic E-state index is 11.4. The molecule has 1 aromatic carbocycles. The van der Waals surface area contributed by atoms with E-state index < -0.39 is 4.92 Å². The summed E-state index contributed by atoms with van der Waals surface area (Å²) in [6.45, 7) is 0. The van der Waals surface area contributed by atoms with Crippen LogP contribution in [-0.2, 0) is 0 Å². The average Bonchev–Trinajstić information content (AvgIpc) is 2.18. The van der Waals surface area contributed by atoms with Crippen molar-refractivity contribution in [3.8, 4) is 0 Å². The van der Waals surface area contributed by atoms with E-state index in [1.807, 2.05) is 0 Å². The SMILES string of the molecule is CN(C)C(=O)Sc1ccccc1[N+](=O)[O-]. The van der Waals surface area contributed by atoms with E-state index in [1.54, 1.807) is 32.3 Å². The van der Waals surface area contributed by atoms with Gasteiger partial charge >= 0.3 is 0 Å². The molecule has 0 fully saturated rings. The fourth-order valence-electron chi connectivity index (χ4n) is 0.880. The van der Waals surface area contributed by atoms with Gasteiger partial charge in [0.05, 0.1) is 9.82 Å². The van der Waals surface area contributed by atoms with E-state index >= 15 is 0 Å². The van der Waals surface area contributed by atoms with E-state index in [9.17, 15) is 14.9 Å². The Balaban J connectivity index is 2.94. The van der Waals surface area contributed by atoms with Crippen molar-refractivity contribution in [3.63, 3.8) is 0 Å². The lowest BCUT2D eigenvalue weighted by molar-refractivity contribution is -0.387. The Bertz CT molecular complexity index is 393. The van der Waals surface area contributed by atoms with Crippen LogP contribution in [0.25, 0.3) is 0 Å². The standard InChI is InChI=1S/C9H10N2O3S/c1-10(2)9(12)15-8-6-4-3-5-7(8)11(13)14/h3-6H,1-2H3. The Kier molecular flexibility index (Phi) is 3.68. The van der Waals surface area contributed by atoms with Crippen molar-refractivity contribution in [2.45, 2.75) is 4.90 Å². The minimum absolute atomic E-state index is 0.0438. The number of benzene rings is 1. The summed E-state index contributed by atoms with van der Waals surface area (Å²) in [5, 5.41) is 10.4. The van der Waals surface area contributed by atoms with Crippen LogP contribution < -0.4 is 0 Å². The highest BCUT2D eigenvalue weighted by Gasteiger charge is 2.16. The predicted octanol–water partition coefficient (Wildman–Crippen LogP) is 2.37. The lowest BCUT2D eigenvalue weighted by atomic mass is 10.3. The first kappa shape index (κ1) is 11.5. The molecular formula is C9H10N2O3S. The van der Waals surface area contributed by atoms with Crippen molar-refractivity contribution in [2.75, 3.05) is 14.1 Å². The van der Waals surface area contributed by atoms with Crippen LogP contribution >= 0.6 is 11.8 Å². The molecule has 0 aromatic heterocycles. The minimum atomic E-state index is -0.495. The molecular weight excluding hydrogens is 216 g/mol. The summed E-state index contributed by atoms with van der Waals surface area (Å²) in [7, 11) is 3.20. The van der Waals surface area contributed by atoms with E-state index in [-0.39, 0.29) is 10.9 Å². The molecule has 0 radical (unpaired) electrons. The summed E-state index contributed by atoms with van der Waals surface area (Å²) in [4.78, 5) is 23.2. The van der Waals surface area contributed by atoms with Crippen LogP contribution in [0, 0.1) is 10.1 Å². The number of hydrogen-bond donors (Lipinski definition) is 0. The van der Waals surface area contributed by atoms with Crippen LogP contribution in [-0.4, -0.2) is 29.2 Å². The van der Waals surface area contributed by atoms with E-state index in [0.717, 1.165) is 11.8 Å². The quantitative estimate of drug-likeness (QED) is 0.441. The number of rotatable bonds is 2. The molecule has 15 heavy (non-hydrogen) atoms.